The first-order chi connectivity index (χ1) is 17.6. The van der Waals surface area contributed by atoms with Crippen LogP contribution in [-0.4, -0.2) is 74.8 Å². The van der Waals surface area contributed by atoms with Crippen molar-refractivity contribution in [2.75, 3.05) is 64.2 Å². The largest absolute Gasteiger partial charge is 0.497 e. The molecule has 5 rings (SSSR count). The molecule has 1 aromatic heterocycles. The highest BCUT2D eigenvalue weighted by Gasteiger charge is 2.28. The molecule has 3 heterocycles. The van der Waals surface area contributed by atoms with Crippen LogP contribution in [0.1, 0.15) is 11.1 Å². The van der Waals surface area contributed by atoms with E-state index < -0.39 is 0 Å². The number of ether oxygens (including phenoxy) is 2. The number of aromatic nitrogens is 1. The summed E-state index contributed by atoms with van der Waals surface area (Å²) >= 11 is 0. The van der Waals surface area contributed by atoms with Crippen molar-refractivity contribution in [2.45, 2.75) is 13.0 Å². The van der Waals surface area contributed by atoms with Crippen molar-refractivity contribution in [3.8, 4) is 22.6 Å². The molecule has 0 aliphatic carbocycles. The number of hydrogen-bond donors (Lipinski definition) is 1. The van der Waals surface area contributed by atoms with Gasteiger partial charge in [0.15, 0.2) is 0 Å². The molecular weight excluding hydrogens is 454 g/mol. The fourth-order valence-corrected chi connectivity index (χ4v) is 4.95. The Hall–Kier alpha value is -3.78. The monoisotopic (exact) mass is 487 g/mol. The first-order valence-corrected chi connectivity index (χ1v) is 12.3. The van der Waals surface area contributed by atoms with E-state index in [0.717, 1.165) is 55.2 Å². The average Bonchev–Trinajstić information content (AvgIpc) is 2.93. The third-order valence-electron chi connectivity index (χ3n) is 7.12. The van der Waals surface area contributed by atoms with Crippen molar-refractivity contribution in [3.63, 3.8) is 0 Å². The van der Waals surface area contributed by atoms with Gasteiger partial charge in [0.1, 0.15) is 17.3 Å². The number of anilines is 2. The Morgan fingerprint density at radius 2 is 1.61 bits per heavy atom. The number of hydrogen-bond acceptors (Lipinski definition) is 6. The second-order valence-electron chi connectivity index (χ2n) is 9.30. The van der Waals surface area contributed by atoms with Gasteiger partial charge in [-0.1, -0.05) is 12.1 Å². The van der Waals surface area contributed by atoms with E-state index >= 15 is 0 Å². The van der Waals surface area contributed by atoms with Crippen molar-refractivity contribution in [1.29, 1.82) is 0 Å². The number of amides is 2. The van der Waals surface area contributed by atoms with Crippen molar-refractivity contribution < 1.29 is 14.3 Å². The minimum absolute atomic E-state index is 0.141. The molecule has 0 atom stereocenters. The minimum atomic E-state index is -0.141. The lowest BCUT2D eigenvalue weighted by Gasteiger charge is -2.38. The van der Waals surface area contributed by atoms with Crippen LogP contribution in [-0.2, 0) is 13.0 Å². The van der Waals surface area contributed by atoms with Gasteiger partial charge < -0.3 is 24.2 Å². The molecule has 0 bridgehead atoms. The number of piperazine rings is 1. The summed E-state index contributed by atoms with van der Waals surface area (Å²) in [6.07, 6.45) is 2.54. The molecular formula is C28H33N5O3. The molecule has 1 fully saturated rings. The number of methoxy groups -OCH3 is 2. The van der Waals surface area contributed by atoms with Crippen LogP contribution in [0, 0.1) is 0 Å². The number of likely N-dealkylation sites (N-methyl/N-ethyl adjacent to an activating group) is 1. The van der Waals surface area contributed by atoms with Crippen LogP contribution < -0.4 is 19.7 Å². The quantitative estimate of drug-likeness (QED) is 0.584. The number of carbonyl (C=O) groups is 1. The van der Waals surface area contributed by atoms with Gasteiger partial charge in [-0.2, -0.15) is 0 Å². The van der Waals surface area contributed by atoms with Crippen LogP contribution in [0.15, 0.2) is 54.7 Å². The zero-order valence-electron chi connectivity index (χ0n) is 21.2. The molecule has 8 nitrogen and oxygen atoms in total. The lowest BCUT2D eigenvalue weighted by molar-refractivity contribution is 0.205. The normalized spacial score (nSPS) is 15.9. The number of rotatable bonds is 5. The second kappa shape index (κ2) is 10.5. The Morgan fingerprint density at radius 1 is 0.861 bits per heavy atom. The minimum Gasteiger partial charge on any atom is -0.497 e. The predicted octanol–water partition coefficient (Wildman–Crippen LogP) is 4.11. The standard InChI is InChI=1S/C28H33N5O3/c1-31-14-16-32(17-15-31)25-9-10-26(36-3)23-12-13-33(19-24(23)25)28(34)30-27-11-6-21(18-29-27)20-4-7-22(35-2)8-5-20/h4-11,18H,12-17,19H2,1-3H3,(H,29,30,34). The summed E-state index contributed by atoms with van der Waals surface area (Å²) in [4.78, 5) is 24.3. The molecule has 2 amide bonds. The van der Waals surface area contributed by atoms with Gasteiger partial charge in [0.2, 0.25) is 0 Å². The third-order valence-corrected chi connectivity index (χ3v) is 7.12. The van der Waals surface area contributed by atoms with Crippen LogP contribution in [0.25, 0.3) is 11.1 Å². The Morgan fingerprint density at radius 3 is 2.28 bits per heavy atom. The molecule has 36 heavy (non-hydrogen) atoms. The highest BCUT2D eigenvalue weighted by atomic mass is 16.5. The lowest BCUT2D eigenvalue weighted by atomic mass is 9.96. The number of benzene rings is 2. The number of carbonyl (C=O) groups excluding carboxylic acids is 1. The Kier molecular flexibility index (Phi) is 6.95. The summed E-state index contributed by atoms with van der Waals surface area (Å²) < 4.78 is 10.9. The van der Waals surface area contributed by atoms with E-state index in [1.54, 1.807) is 20.4 Å². The van der Waals surface area contributed by atoms with Crippen molar-refractivity contribution in [3.05, 3.63) is 65.9 Å². The zero-order valence-corrected chi connectivity index (χ0v) is 21.2. The number of fused-ring (bicyclic) bond motifs is 1. The van der Waals surface area contributed by atoms with Gasteiger partial charge in [-0.3, -0.25) is 5.32 Å². The maximum atomic E-state index is 13.2. The molecule has 2 aliphatic rings. The van der Waals surface area contributed by atoms with Gasteiger partial charge in [-0.05, 0) is 55.4 Å². The fraction of sp³-hybridized carbons (Fsp3) is 0.357. The number of pyridine rings is 1. The van der Waals surface area contributed by atoms with Gasteiger partial charge in [0.25, 0.3) is 0 Å². The number of nitrogens with zero attached hydrogens (tertiary/aromatic N) is 4. The zero-order chi connectivity index (χ0) is 25.1. The van der Waals surface area contributed by atoms with E-state index in [-0.39, 0.29) is 6.03 Å². The lowest BCUT2D eigenvalue weighted by Crippen LogP contribution is -2.46. The number of nitrogens with one attached hydrogen (secondary N) is 1. The first-order valence-electron chi connectivity index (χ1n) is 12.3. The second-order valence-corrected chi connectivity index (χ2v) is 9.30. The summed E-state index contributed by atoms with van der Waals surface area (Å²) in [6.45, 7) is 5.19. The van der Waals surface area contributed by atoms with E-state index in [4.69, 9.17) is 9.47 Å². The summed E-state index contributed by atoms with van der Waals surface area (Å²) in [5.74, 6) is 2.25. The van der Waals surface area contributed by atoms with E-state index in [1.165, 1.54) is 16.8 Å². The van der Waals surface area contributed by atoms with E-state index in [9.17, 15) is 4.79 Å². The maximum Gasteiger partial charge on any atom is 0.323 e. The van der Waals surface area contributed by atoms with Gasteiger partial charge in [0, 0.05) is 67.8 Å². The molecule has 1 saturated heterocycles. The van der Waals surface area contributed by atoms with E-state index in [2.05, 4.69) is 39.3 Å². The molecule has 8 heteroatoms. The van der Waals surface area contributed by atoms with Gasteiger partial charge in [-0.25, -0.2) is 9.78 Å². The maximum absolute atomic E-state index is 13.2. The van der Waals surface area contributed by atoms with Crippen molar-refractivity contribution in [1.82, 2.24) is 14.8 Å². The third kappa shape index (κ3) is 4.95. The summed E-state index contributed by atoms with van der Waals surface area (Å²) in [5, 5.41) is 2.98. The van der Waals surface area contributed by atoms with Crippen LogP contribution in [0.3, 0.4) is 0 Å². The van der Waals surface area contributed by atoms with Crippen molar-refractivity contribution in [2.24, 2.45) is 0 Å². The fourth-order valence-electron chi connectivity index (χ4n) is 4.95. The Labute approximate surface area is 212 Å². The number of urea groups is 1. The molecule has 1 N–H and O–H groups in total. The topological polar surface area (TPSA) is 70.2 Å². The summed E-state index contributed by atoms with van der Waals surface area (Å²) in [6, 6.07) is 15.7. The van der Waals surface area contributed by atoms with E-state index in [1.807, 2.05) is 41.3 Å². The Balaban J connectivity index is 1.30. The highest BCUT2D eigenvalue weighted by molar-refractivity contribution is 5.89. The summed E-state index contributed by atoms with van der Waals surface area (Å²) in [5.41, 5.74) is 5.62. The smallest absolute Gasteiger partial charge is 0.323 e. The average molecular weight is 488 g/mol. The molecule has 3 aromatic rings. The Bertz CT molecular complexity index is 1210. The molecule has 0 saturated carbocycles. The van der Waals surface area contributed by atoms with Crippen LogP contribution in [0.5, 0.6) is 11.5 Å². The predicted molar refractivity (Wildman–Crippen MR) is 142 cm³/mol. The molecule has 0 spiro atoms. The molecule has 188 valence electrons. The van der Waals surface area contributed by atoms with Crippen LogP contribution in [0.4, 0.5) is 16.3 Å². The SMILES string of the molecule is COc1ccc(-c2ccc(NC(=O)N3CCc4c(OC)ccc(N5CCN(C)CC5)c4C3)nc2)cc1. The molecule has 0 radical (unpaired) electrons. The van der Waals surface area contributed by atoms with Crippen LogP contribution in [0.2, 0.25) is 0 Å². The highest BCUT2D eigenvalue weighted by Crippen LogP contribution is 2.36. The summed E-state index contributed by atoms with van der Waals surface area (Å²) in [7, 11) is 5.52. The van der Waals surface area contributed by atoms with Crippen molar-refractivity contribution >= 4 is 17.5 Å². The van der Waals surface area contributed by atoms with Crippen LogP contribution >= 0.6 is 0 Å². The van der Waals surface area contributed by atoms with Gasteiger partial charge >= 0.3 is 6.03 Å². The molecule has 0 unspecified atom stereocenters. The van der Waals surface area contributed by atoms with Gasteiger partial charge in [0.05, 0.1) is 14.2 Å². The van der Waals surface area contributed by atoms with Gasteiger partial charge in [-0.15, -0.1) is 0 Å². The molecule has 2 aromatic carbocycles. The first kappa shape index (κ1) is 23.9. The van der Waals surface area contributed by atoms with E-state index in [0.29, 0.717) is 18.9 Å². The molecule has 2 aliphatic heterocycles.